The van der Waals surface area contributed by atoms with Crippen LogP contribution < -0.4 is 15.1 Å². The highest BCUT2D eigenvalue weighted by Crippen LogP contribution is 2.52. The van der Waals surface area contributed by atoms with Gasteiger partial charge >= 0.3 is 0 Å². The SMILES string of the molecule is CC1(C)c2ccccc2-c2cc(N(c3ccccc3)c3ccc(-c4ccc5c6c(cccc46)-c4cc6cccc(-c7cccc(N(c8ccccc8)c8ccccc8)c7)c6cc4N5)cc3)ccc21. The first kappa shape index (κ1) is 39.7. The number of benzene rings is 11. The maximum Gasteiger partial charge on any atom is 0.0470 e. The average Bonchev–Trinajstić information content (AvgIpc) is 3.62. The summed E-state index contributed by atoms with van der Waals surface area (Å²) >= 11 is 0. The van der Waals surface area contributed by atoms with Gasteiger partial charge in [0, 0.05) is 61.9 Å². The summed E-state index contributed by atoms with van der Waals surface area (Å²) < 4.78 is 0. The van der Waals surface area contributed by atoms with E-state index in [1.807, 2.05) is 0 Å². The van der Waals surface area contributed by atoms with Crippen molar-refractivity contribution in [2.75, 3.05) is 15.1 Å². The molecule has 0 saturated heterocycles. The average molecular weight is 870 g/mol. The number of hydrogen-bond acceptors (Lipinski definition) is 3. The van der Waals surface area contributed by atoms with Crippen molar-refractivity contribution in [2.45, 2.75) is 19.3 Å². The predicted octanol–water partition coefficient (Wildman–Crippen LogP) is 18.3. The fraction of sp³-hybridized carbons (Fsp3) is 0.0462. The van der Waals surface area contributed by atoms with Gasteiger partial charge in [0.1, 0.15) is 0 Å². The molecule has 13 rings (SSSR count). The minimum absolute atomic E-state index is 0.0416. The van der Waals surface area contributed by atoms with Gasteiger partial charge in [-0.25, -0.2) is 0 Å². The molecular formula is C65H47N3. The Balaban J connectivity index is 0.862. The molecule has 11 aromatic carbocycles. The number of hydrogen-bond donors (Lipinski definition) is 1. The largest absolute Gasteiger partial charge is 0.354 e. The molecule has 0 atom stereocenters. The summed E-state index contributed by atoms with van der Waals surface area (Å²) in [7, 11) is 0. The normalized spacial score (nSPS) is 12.8. The van der Waals surface area contributed by atoms with Crippen molar-refractivity contribution in [2.24, 2.45) is 0 Å². The molecule has 2 aliphatic rings. The van der Waals surface area contributed by atoms with Gasteiger partial charge < -0.3 is 15.1 Å². The first-order valence-electron chi connectivity index (χ1n) is 23.6. The van der Waals surface area contributed by atoms with Crippen LogP contribution >= 0.6 is 0 Å². The minimum atomic E-state index is -0.0416. The van der Waals surface area contributed by atoms with Crippen molar-refractivity contribution in [3.8, 4) is 44.5 Å². The lowest BCUT2D eigenvalue weighted by Crippen LogP contribution is -2.15. The second-order valence-corrected chi connectivity index (χ2v) is 18.6. The fourth-order valence-corrected chi connectivity index (χ4v) is 11.1. The van der Waals surface area contributed by atoms with Crippen molar-refractivity contribution in [1.82, 2.24) is 0 Å². The third kappa shape index (κ3) is 6.42. The van der Waals surface area contributed by atoms with Gasteiger partial charge in [-0.1, -0.05) is 166 Å². The molecule has 0 bridgehead atoms. The quantitative estimate of drug-likeness (QED) is 0.164. The van der Waals surface area contributed by atoms with Crippen molar-refractivity contribution < 1.29 is 0 Å². The molecule has 3 heteroatoms. The lowest BCUT2D eigenvalue weighted by atomic mass is 9.82. The van der Waals surface area contributed by atoms with E-state index >= 15 is 0 Å². The van der Waals surface area contributed by atoms with E-state index in [4.69, 9.17) is 0 Å². The summed E-state index contributed by atoms with van der Waals surface area (Å²) in [6.07, 6.45) is 0. The Hall–Kier alpha value is -8.66. The molecular weight excluding hydrogens is 823 g/mol. The van der Waals surface area contributed by atoms with Crippen molar-refractivity contribution in [1.29, 1.82) is 0 Å². The lowest BCUT2D eigenvalue weighted by molar-refractivity contribution is 0.660. The number of nitrogens with zero attached hydrogens (tertiary/aromatic N) is 2. The van der Waals surface area contributed by atoms with Crippen LogP contribution in [0, 0.1) is 0 Å². The number of anilines is 8. The fourth-order valence-electron chi connectivity index (χ4n) is 11.1. The molecule has 322 valence electrons. The van der Waals surface area contributed by atoms with Crippen LogP contribution in [0.4, 0.5) is 45.5 Å². The van der Waals surface area contributed by atoms with Gasteiger partial charge in [-0.2, -0.15) is 0 Å². The third-order valence-electron chi connectivity index (χ3n) is 14.3. The standard InChI is InChI=1S/C65H47N3/c1-65(2)60-30-13-12-26-54(60)58-41-51(35-37-61(58)65)68(48-23-10-5-11-24-48)49-33-31-43(32-34-49)53-36-38-62-64-55(53)28-16-29-56(64)59-40-45-18-15-27-52(57(45)42-63(59)66-62)44-17-14-25-50(39-44)67(46-19-6-3-7-20-46)47-21-8-4-9-22-47/h3-42,66H,1-2H3. The van der Waals surface area contributed by atoms with Gasteiger partial charge in [0.05, 0.1) is 0 Å². The van der Waals surface area contributed by atoms with E-state index in [1.165, 1.54) is 77.2 Å². The first-order chi connectivity index (χ1) is 33.5. The zero-order valence-corrected chi connectivity index (χ0v) is 38.0. The number of nitrogens with one attached hydrogen (secondary N) is 1. The molecule has 1 N–H and O–H groups in total. The number of rotatable bonds is 8. The zero-order valence-electron chi connectivity index (χ0n) is 38.0. The molecule has 0 fully saturated rings. The zero-order chi connectivity index (χ0) is 45.3. The van der Waals surface area contributed by atoms with E-state index in [-0.39, 0.29) is 5.41 Å². The van der Waals surface area contributed by atoms with E-state index in [0.29, 0.717) is 0 Å². The molecule has 0 unspecified atom stereocenters. The van der Waals surface area contributed by atoms with E-state index in [9.17, 15) is 0 Å². The number of para-hydroxylation sites is 3. The van der Waals surface area contributed by atoms with Crippen LogP contribution in [0.5, 0.6) is 0 Å². The van der Waals surface area contributed by atoms with Gasteiger partial charge in [-0.05, 0) is 157 Å². The Morgan fingerprint density at radius 2 is 0.853 bits per heavy atom. The maximum absolute atomic E-state index is 3.90. The van der Waals surface area contributed by atoms with E-state index < -0.39 is 0 Å². The monoisotopic (exact) mass is 869 g/mol. The van der Waals surface area contributed by atoms with E-state index in [2.05, 4.69) is 272 Å². The molecule has 0 radical (unpaired) electrons. The Morgan fingerprint density at radius 1 is 0.309 bits per heavy atom. The topological polar surface area (TPSA) is 18.5 Å². The van der Waals surface area contributed by atoms with E-state index in [0.717, 1.165) is 45.5 Å². The van der Waals surface area contributed by atoms with Crippen molar-refractivity contribution in [3.05, 3.63) is 254 Å². The summed E-state index contributed by atoms with van der Waals surface area (Å²) in [5.41, 5.74) is 21.6. The molecule has 0 saturated carbocycles. The van der Waals surface area contributed by atoms with Crippen LogP contribution in [0.1, 0.15) is 25.0 Å². The van der Waals surface area contributed by atoms with Gasteiger partial charge in [-0.15, -0.1) is 0 Å². The summed E-state index contributed by atoms with van der Waals surface area (Å²) in [5.74, 6) is 0. The smallest absolute Gasteiger partial charge is 0.0470 e. The summed E-state index contributed by atoms with van der Waals surface area (Å²) in [6.45, 7) is 4.68. The molecule has 3 nitrogen and oxygen atoms in total. The van der Waals surface area contributed by atoms with E-state index in [1.54, 1.807) is 0 Å². The highest BCUT2D eigenvalue weighted by Gasteiger charge is 2.35. The predicted molar refractivity (Wildman–Crippen MR) is 288 cm³/mol. The van der Waals surface area contributed by atoms with Gasteiger partial charge in [-0.3, -0.25) is 0 Å². The highest BCUT2D eigenvalue weighted by atomic mass is 15.1. The summed E-state index contributed by atoms with van der Waals surface area (Å²) in [5, 5.41) is 8.81. The lowest BCUT2D eigenvalue weighted by Gasteiger charge is -2.27. The Bertz CT molecular complexity index is 3690. The molecule has 1 heterocycles. The molecule has 0 amide bonds. The van der Waals surface area contributed by atoms with Crippen LogP contribution in [0.3, 0.4) is 0 Å². The van der Waals surface area contributed by atoms with Gasteiger partial charge in [0.25, 0.3) is 0 Å². The molecule has 0 spiro atoms. The van der Waals surface area contributed by atoms with Gasteiger partial charge in [0.2, 0.25) is 0 Å². The summed E-state index contributed by atoms with van der Waals surface area (Å²) in [6, 6.07) is 88.6. The Kier molecular flexibility index (Phi) is 9.19. The first-order valence-corrected chi connectivity index (χ1v) is 23.6. The number of fused-ring (bicyclic) bond motifs is 6. The van der Waals surface area contributed by atoms with Crippen LogP contribution in [-0.2, 0) is 5.41 Å². The Labute approximate surface area is 397 Å². The van der Waals surface area contributed by atoms with Crippen molar-refractivity contribution in [3.63, 3.8) is 0 Å². The molecule has 11 aromatic rings. The van der Waals surface area contributed by atoms with Crippen LogP contribution in [0.2, 0.25) is 0 Å². The van der Waals surface area contributed by atoms with Crippen LogP contribution in [0.25, 0.3) is 66.1 Å². The second-order valence-electron chi connectivity index (χ2n) is 18.6. The van der Waals surface area contributed by atoms with Gasteiger partial charge in [0.15, 0.2) is 0 Å². The second kappa shape index (κ2) is 15.8. The Morgan fingerprint density at radius 3 is 1.57 bits per heavy atom. The molecule has 68 heavy (non-hydrogen) atoms. The van der Waals surface area contributed by atoms with Crippen LogP contribution in [0.15, 0.2) is 243 Å². The highest BCUT2D eigenvalue weighted by molar-refractivity contribution is 6.17. The van der Waals surface area contributed by atoms with Crippen LogP contribution in [-0.4, -0.2) is 0 Å². The molecule has 0 aromatic heterocycles. The van der Waals surface area contributed by atoms with Crippen molar-refractivity contribution >= 4 is 67.0 Å². The molecule has 1 aliphatic carbocycles. The maximum atomic E-state index is 3.90. The molecule has 1 aliphatic heterocycles. The third-order valence-corrected chi connectivity index (χ3v) is 14.3. The minimum Gasteiger partial charge on any atom is -0.354 e. The summed E-state index contributed by atoms with van der Waals surface area (Å²) in [4.78, 5) is 4.71.